The topological polar surface area (TPSA) is 81.4 Å². The van der Waals surface area contributed by atoms with Crippen LogP contribution >= 0.6 is 0 Å². The van der Waals surface area contributed by atoms with Gasteiger partial charge < -0.3 is 15.8 Å². The molecule has 2 unspecified atom stereocenters. The van der Waals surface area contributed by atoms with Gasteiger partial charge in [-0.1, -0.05) is 0 Å². The average Bonchev–Trinajstić information content (AvgIpc) is 2.71. The summed E-state index contributed by atoms with van der Waals surface area (Å²) in [4.78, 5) is 22.7. The zero-order valence-corrected chi connectivity index (χ0v) is 10.4. The summed E-state index contributed by atoms with van der Waals surface area (Å²) in [5.41, 5.74) is 5.75. The summed E-state index contributed by atoms with van der Waals surface area (Å²) >= 11 is 0. The second-order valence-electron chi connectivity index (χ2n) is 4.47. The summed E-state index contributed by atoms with van der Waals surface area (Å²) in [6, 6.07) is 0.172. The van der Waals surface area contributed by atoms with Gasteiger partial charge in [0.15, 0.2) is 0 Å². The fourth-order valence-corrected chi connectivity index (χ4v) is 2.08. The fraction of sp³-hybridized carbons (Fsp3) is 0.833. The Balaban J connectivity index is 2.06. The van der Waals surface area contributed by atoms with Crippen molar-refractivity contribution in [1.82, 2.24) is 5.32 Å². The molecule has 1 aliphatic carbocycles. The van der Waals surface area contributed by atoms with Crippen molar-refractivity contribution in [3.63, 3.8) is 0 Å². The third-order valence-electron chi connectivity index (χ3n) is 3.01. The molecule has 0 radical (unpaired) electrons. The van der Waals surface area contributed by atoms with Gasteiger partial charge in [-0.25, -0.2) is 0 Å². The zero-order chi connectivity index (χ0) is 12.7. The highest BCUT2D eigenvalue weighted by molar-refractivity contribution is 5.79. The number of esters is 1. The molecule has 17 heavy (non-hydrogen) atoms. The van der Waals surface area contributed by atoms with Crippen LogP contribution in [0.1, 0.15) is 39.0 Å². The van der Waals surface area contributed by atoms with Gasteiger partial charge in [0.2, 0.25) is 5.91 Å². The van der Waals surface area contributed by atoms with E-state index in [1.807, 2.05) is 0 Å². The lowest BCUT2D eigenvalue weighted by molar-refractivity contribution is -0.143. The molecule has 3 N–H and O–H groups in total. The Morgan fingerprint density at radius 2 is 2.18 bits per heavy atom. The lowest BCUT2D eigenvalue weighted by Gasteiger charge is -2.10. The van der Waals surface area contributed by atoms with Crippen LogP contribution in [0.4, 0.5) is 0 Å². The van der Waals surface area contributed by atoms with Crippen molar-refractivity contribution < 1.29 is 14.3 Å². The van der Waals surface area contributed by atoms with Crippen molar-refractivity contribution in [1.29, 1.82) is 0 Å². The van der Waals surface area contributed by atoms with Crippen molar-refractivity contribution in [2.75, 3.05) is 13.2 Å². The molecule has 0 aromatic carbocycles. The highest BCUT2D eigenvalue weighted by Crippen LogP contribution is 2.23. The summed E-state index contributed by atoms with van der Waals surface area (Å²) in [7, 11) is 0. The first-order valence-corrected chi connectivity index (χ1v) is 6.32. The number of amides is 1. The number of ether oxygens (including phenoxy) is 1. The predicted octanol–water partition coefficient (Wildman–Crippen LogP) is 0.573. The Morgan fingerprint density at radius 1 is 1.41 bits per heavy atom. The highest BCUT2D eigenvalue weighted by Gasteiger charge is 2.27. The van der Waals surface area contributed by atoms with Gasteiger partial charge in [-0.3, -0.25) is 9.59 Å². The van der Waals surface area contributed by atoms with Crippen LogP contribution in [0.5, 0.6) is 0 Å². The number of carbonyl (C=O) groups is 2. The number of nitrogens with one attached hydrogen (secondary N) is 1. The standard InChI is InChI=1S/C12H22N2O3/c1-2-17-11(15)4-3-7-14-12(16)9-5-6-10(13)8-9/h9-10H,2-8,13H2,1H3,(H,14,16). The number of hydrogen-bond donors (Lipinski definition) is 2. The normalized spacial score (nSPS) is 23.4. The molecule has 1 fully saturated rings. The van der Waals surface area contributed by atoms with Gasteiger partial charge in [-0.05, 0) is 32.6 Å². The molecule has 0 spiro atoms. The lowest BCUT2D eigenvalue weighted by Crippen LogP contribution is -2.31. The molecule has 1 saturated carbocycles. The van der Waals surface area contributed by atoms with E-state index in [9.17, 15) is 9.59 Å². The third-order valence-corrected chi connectivity index (χ3v) is 3.01. The summed E-state index contributed by atoms with van der Waals surface area (Å²) in [5.74, 6) is -0.0703. The Bertz CT molecular complexity index is 268. The van der Waals surface area contributed by atoms with E-state index in [1.165, 1.54) is 0 Å². The Hall–Kier alpha value is -1.10. The molecule has 2 atom stereocenters. The van der Waals surface area contributed by atoms with E-state index in [2.05, 4.69) is 5.32 Å². The molecule has 5 heteroatoms. The van der Waals surface area contributed by atoms with Crippen molar-refractivity contribution in [3.05, 3.63) is 0 Å². The molecule has 5 nitrogen and oxygen atoms in total. The maximum absolute atomic E-state index is 11.7. The molecule has 0 heterocycles. The number of nitrogens with two attached hydrogens (primary N) is 1. The van der Waals surface area contributed by atoms with E-state index in [0.29, 0.717) is 26.0 Å². The minimum absolute atomic E-state index is 0.0626. The Kier molecular flexibility index (Phi) is 5.97. The summed E-state index contributed by atoms with van der Waals surface area (Å²) in [5, 5.41) is 2.84. The molecule has 1 amide bonds. The van der Waals surface area contributed by atoms with Crippen molar-refractivity contribution in [3.8, 4) is 0 Å². The number of rotatable bonds is 6. The molecule has 0 aromatic heterocycles. The van der Waals surface area contributed by atoms with Crippen molar-refractivity contribution in [2.24, 2.45) is 11.7 Å². The number of hydrogen-bond acceptors (Lipinski definition) is 4. The monoisotopic (exact) mass is 242 g/mol. The van der Waals surface area contributed by atoms with Gasteiger partial charge in [0.05, 0.1) is 6.61 Å². The van der Waals surface area contributed by atoms with Crippen molar-refractivity contribution >= 4 is 11.9 Å². The predicted molar refractivity (Wildman–Crippen MR) is 64.2 cm³/mol. The molecule has 0 aromatic rings. The molecule has 0 aliphatic heterocycles. The minimum Gasteiger partial charge on any atom is -0.466 e. The molecule has 0 bridgehead atoms. The maximum Gasteiger partial charge on any atom is 0.305 e. The number of carbonyl (C=O) groups excluding carboxylic acids is 2. The van der Waals surface area contributed by atoms with Crippen LogP contribution in [-0.2, 0) is 14.3 Å². The van der Waals surface area contributed by atoms with E-state index >= 15 is 0 Å². The quantitative estimate of drug-likeness (QED) is 0.527. The summed E-state index contributed by atoms with van der Waals surface area (Å²) in [6.45, 7) is 2.72. The van der Waals surface area contributed by atoms with Gasteiger partial charge >= 0.3 is 5.97 Å². The fourth-order valence-electron chi connectivity index (χ4n) is 2.08. The van der Waals surface area contributed by atoms with E-state index in [-0.39, 0.29) is 23.8 Å². The largest absolute Gasteiger partial charge is 0.466 e. The van der Waals surface area contributed by atoms with Crippen LogP contribution in [-0.4, -0.2) is 31.1 Å². The van der Waals surface area contributed by atoms with E-state index < -0.39 is 0 Å². The average molecular weight is 242 g/mol. The van der Waals surface area contributed by atoms with Gasteiger partial charge in [0.25, 0.3) is 0 Å². The minimum atomic E-state index is -0.204. The van der Waals surface area contributed by atoms with Crippen LogP contribution in [0.15, 0.2) is 0 Å². The first-order valence-electron chi connectivity index (χ1n) is 6.32. The molecule has 1 aliphatic rings. The Morgan fingerprint density at radius 3 is 2.76 bits per heavy atom. The van der Waals surface area contributed by atoms with Crippen LogP contribution in [0.25, 0.3) is 0 Å². The zero-order valence-electron chi connectivity index (χ0n) is 10.4. The first-order chi connectivity index (χ1) is 8.13. The molecule has 98 valence electrons. The van der Waals surface area contributed by atoms with Crippen LogP contribution < -0.4 is 11.1 Å². The van der Waals surface area contributed by atoms with Gasteiger partial charge in [0, 0.05) is 24.9 Å². The van der Waals surface area contributed by atoms with Crippen LogP contribution in [0, 0.1) is 5.92 Å². The second kappa shape index (κ2) is 7.27. The Labute approximate surface area is 102 Å². The lowest BCUT2D eigenvalue weighted by atomic mass is 10.1. The molecular formula is C12H22N2O3. The van der Waals surface area contributed by atoms with E-state index in [1.54, 1.807) is 6.92 Å². The van der Waals surface area contributed by atoms with Crippen LogP contribution in [0.2, 0.25) is 0 Å². The molecule has 0 saturated heterocycles. The second-order valence-corrected chi connectivity index (χ2v) is 4.47. The maximum atomic E-state index is 11.7. The first kappa shape index (κ1) is 14.0. The smallest absolute Gasteiger partial charge is 0.305 e. The van der Waals surface area contributed by atoms with E-state index in [0.717, 1.165) is 19.3 Å². The summed E-state index contributed by atoms with van der Waals surface area (Å²) in [6.07, 6.45) is 3.58. The molecular weight excluding hydrogens is 220 g/mol. The molecule has 1 rings (SSSR count). The van der Waals surface area contributed by atoms with Crippen LogP contribution in [0.3, 0.4) is 0 Å². The van der Waals surface area contributed by atoms with Gasteiger partial charge in [0.1, 0.15) is 0 Å². The highest BCUT2D eigenvalue weighted by atomic mass is 16.5. The SMILES string of the molecule is CCOC(=O)CCCNC(=O)C1CCC(N)C1. The van der Waals surface area contributed by atoms with Crippen molar-refractivity contribution in [2.45, 2.75) is 45.1 Å². The van der Waals surface area contributed by atoms with Gasteiger partial charge in [-0.15, -0.1) is 0 Å². The van der Waals surface area contributed by atoms with E-state index in [4.69, 9.17) is 10.5 Å². The summed E-state index contributed by atoms with van der Waals surface area (Å²) < 4.78 is 4.79. The third kappa shape index (κ3) is 5.17. The van der Waals surface area contributed by atoms with Gasteiger partial charge in [-0.2, -0.15) is 0 Å².